The van der Waals surface area contributed by atoms with Crippen LogP contribution in [0.15, 0.2) is 29.3 Å². The number of nitrogens with one attached hydrogen (secondary N) is 1. The Morgan fingerprint density at radius 3 is 2.61 bits per heavy atom. The molecule has 1 aliphatic heterocycles. The molecule has 0 spiro atoms. The van der Waals surface area contributed by atoms with Crippen LogP contribution in [0.1, 0.15) is 37.6 Å². The van der Waals surface area contributed by atoms with Gasteiger partial charge in [0.1, 0.15) is 11.9 Å². The van der Waals surface area contributed by atoms with Crippen LogP contribution in [0.4, 0.5) is 5.69 Å². The highest BCUT2D eigenvalue weighted by molar-refractivity contribution is 8.15. The lowest BCUT2D eigenvalue weighted by atomic mass is 10.2. The lowest BCUT2D eigenvalue weighted by molar-refractivity contribution is -0.121. The number of Topliss-reactive ketones (excluding diaryl/α,β-unsaturated/α-hetero) is 1. The summed E-state index contributed by atoms with van der Waals surface area (Å²) in [4.78, 5) is 53.2. The van der Waals surface area contributed by atoms with E-state index in [0.29, 0.717) is 10.9 Å². The highest BCUT2D eigenvalue weighted by Gasteiger charge is 2.32. The van der Waals surface area contributed by atoms with Crippen LogP contribution in [0, 0.1) is 0 Å². The van der Waals surface area contributed by atoms with Crippen molar-refractivity contribution in [3.8, 4) is 0 Å². The number of benzene rings is 1. The molecule has 1 atom stereocenters. The van der Waals surface area contributed by atoms with Crippen molar-refractivity contribution in [2.24, 2.45) is 4.99 Å². The first-order valence-corrected chi connectivity index (χ1v) is 9.82. The molecule has 1 heterocycles. The second kappa shape index (κ2) is 10.0. The normalized spacial score (nSPS) is 15.8. The molecule has 0 saturated carbocycles. The molecule has 1 aliphatic rings. The number of nitrogens with zero attached hydrogens (tertiary/aromatic N) is 2. The molecule has 1 N–H and O–H groups in total. The van der Waals surface area contributed by atoms with Gasteiger partial charge >= 0.3 is 5.97 Å². The van der Waals surface area contributed by atoms with Crippen molar-refractivity contribution < 1.29 is 23.9 Å². The van der Waals surface area contributed by atoms with Crippen molar-refractivity contribution in [1.29, 1.82) is 0 Å². The molecule has 150 valence electrons. The maximum Gasteiger partial charge on any atom is 0.338 e. The number of hydrogen-bond acceptors (Lipinski definition) is 7. The molecule has 0 bridgehead atoms. The average molecular weight is 405 g/mol. The molecule has 0 radical (unpaired) electrons. The van der Waals surface area contributed by atoms with Gasteiger partial charge in [0.05, 0.1) is 5.56 Å². The lowest BCUT2D eigenvalue weighted by Gasteiger charge is -2.19. The van der Waals surface area contributed by atoms with Gasteiger partial charge in [-0.15, -0.1) is 0 Å². The van der Waals surface area contributed by atoms with Gasteiger partial charge in [-0.1, -0.05) is 17.8 Å². The third kappa shape index (κ3) is 5.91. The molecular weight excluding hydrogens is 382 g/mol. The largest absolute Gasteiger partial charge is 0.454 e. The van der Waals surface area contributed by atoms with E-state index >= 15 is 0 Å². The SMILES string of the molecule is CCN(CC)C1=NC(=O)C(CC(=O)Nc2cccc(C(=O)OCC(C)=O)c2)S1. The summed E-state index contributed by atoms with van der Waals surface area (Å²) in [6.07, 6.45) is -0.0171. The molecule has 1 aromatic carbocycles. The second-order valence-electron chi connectivity index (χ2n) is 6.12. The first-order valence-electron chi connectivity index (χ1n) is 8.94. The van der Waals surface area contributed by atoms with Gasteiger partial charge in [0.15, 0.2) is 11.0 Å². The highest BCUT2D eigenvalue weighted by atomic mass is 32.2. The summed E-state index contributed by atoms with van der Waals surface area (Å²) < 4.78 is 4.86. The Hall–Kier alpha value is -2.68. The van der Waals surface area contributed by atoms with Gasteiger partial charge in [-0.2, -0.15) is 4.99 Å². The van der Waals surface area contributed by atoms with E-state index in [1.54, 1.807) is 12.1 Å². The number of thioether (sulfide) groups is 1. The number of anilines is 1. The Morgan fingerprint density at radius 2 is 1.96 bits per heavy atom. The number of amides is 2. The van der Waals surface area contributed by atoms with E-state index < -0.39 is 11.2 Å². The van der Waals surface area contributed by atoms with Crippen molar-refractivity contribution in [3.05, 3.63) is 29.8 Å². The summed E-state index contributed by atoms with van der Waals surface area (Å²) in [5.74, 6) is -1.58. The minimum Gasteiger partial charge on any atom is -0.454 e. The Kier molecular flexibility index (Phi) is 7.74. The number of ether oxygens (including phenoxy) is 1. The molecular formula is C19H23N3O5S. The summed E-state index contributed by atoms with van der Waals surface area (Å²) in [5, 5.41) is 2.76. The van der Waals surface area contributed by atoms with Crippen LogP contribution >= 0.6 is 11.8 Å². The summed E-state index contributed by atoms with van der Waals surface area (Å²) in [6.45, 7) is 6.45. The average Bonchev–Trinajstić information content (AvgIpc) is 3.01. The third-order valence-electron chi connectivity index (χ3n) is 3.92. The first-order chi connectivity index (χ1) is 13.3. The number of ketones is 1. The van der Waals surface area contributed by atoms with Crippen LogP contribution in [-0.4, -0.2) is 58.6 Å². The Labute approximate surface area is 167 Å². The molecule has 1 unspecified atom stereocenters. The zero-order valence-electron chi connectivity index (χ0n) is 16.1. The van der Waals surface area contributed by atoms with Gasteiger partial charge in [0, 0.05) is 25.2 Å². The van der Waals surface area contributed by atoms with Crippen LogP contribution in [0.25, 0.3) is 0 Å². The fourth-order valence-corrected chi connectivity index (χ4v) is 3.69. The van der Waals surface area contributed by atoms with Crippen molar-refractivity contribution in [2.45, 2.75) is 32.4 Å². The van der Waals surface area contributed by atoms with Gasteiger partial charge in [-0.05, 0) is 39.0 Å². The van der Waals surface area contributed by atoms with Gasteiger partial charge in [0.2, 0.25) is 5.91 Å². The summed E-state index contributed by atoms with van der Waals surface area (Å²) in [6, 6.07) is 6.21. The number of carbonyl (C=O) groups excluding carboxylic acids is 4. The maximum absolute atomic E-state index is 12.3. The number of esters is 1. The van der Waals surface area contributed by atoms with E-state index in [9.17, 15) is 19.2 Å². The molecule has 2 rings (SSSR count). The molecule has 8 nitrogen and oxygen atoms in total. The Morgan fingerprint density at radius 1 is 1.25 bits per heavy atom. The molecule has 1 aromatic rings. The topological polar surface area (TPSA) is 105 Å². The van der Waals surface area contributed by atoms with Crippen molar-refractivity contribution in [3.63, 3.8) is 0 Å². The quantitative estimate of drug-likeness (QED) is 0.660. The smallest absolute Gasteiger partial charge is 0.338 e. The van der Waals surface area contributed by atoms with Gasteiger partial charge in [-0.3, -0.25) is 14.4 Å². The molecule has 0 fully saturated rings. The van der Waals surface area contributed by atoms with E-state index in [-0.39, 0.29) is 36.2 Å². The monoisotopic (exact) mass is 405 g/mol. The highest BCUT2D eigenvalue weighted by Crippen LogP contribution is 2.27. The van der Waals surface area contributed by atoms with E-state index in [1.807, 2.05) is 18.7 Å². The molecule has 2 amide bonds. The number of aliphatic imine (C=N–C) groups is 1. The predicted octanol–water partition coefficient (Wildman–Crippen LogP) is 2.10. The number of rotatable bonds is 8. The fraction of sp³-hybridized carbons (Fsp3) is 0.421. The zero-order valence-corrected chi connectivity index (χ0v) is 16.9. The van der Waals surface area contributed by atoms with E-state index in [2.05, 4.69) is 10.3 Å². The van der Waals surface area contributed by atoms with Crippen molar-refractivity contribution in [1.82, 2.24) is 4.90 Å². The van der Waals surface area contributed by atoms with Gasteiger partial charge < -0.3 is 15.0 Å². The fourth-order valence-electron chi connectivity index (χ4n) is 2.49. The molecule has 0 aromatic heterocycles. The number of hydrogen-bond donors (Lipinski definition) is 1. The Balaban J connectivity index is 1.93. The molecule has 9 heteroatoms. The lowest BCUT2D eigenvalue weighted by Crippen LogP contribution is -2.27. The van der Waals surface area contributed by atoms with E-state index in [1.165, 1.54) is 30.8 Å². The summed E-state index contributed by atoms with van der Waals surface area (Å²) in [7, 11) is 0. The van der Waals surface area contributed by atoms with Gasteiger partial charge in [-0.25, -0.2) is 4.79 Å². The summed E-state index contributed by atoms with van der Waals surface area (Å²) >= 11 is 1.29. The Bertz CT molecular complexity index is 805. The predicted molar refractivity (Wildman–Crippen MR) is 107 cm³/mol. The van der Waals surface area contributed by atoms with Crippen LogP contribution in [0.2, 0.25) is 0 Å². The molecule has 0 saturated heterocycles. The second-order valence-corrected chi connectivity index (χ2v) is 7.29. The van der Waals surface area contributed by atoms with Crippen LogP contribution < -0.4 is 5.32 Å². The number of carbonyl (C=O) groups is 4. The van der Waals surface area contributed by atoms with E-state index in [0.717, 1.165) is 13.1 Å². The number of amidine groups is 1. The standard InChI is InChI=1S/C19H23N3O5S/c1-4-22(5-2)19-21-17(25)15(28-19)10-16(24)20-14-8-6-7-13(9-14)18(26)27-11-12(3)23/h6-9,15H,4-5,10-11H2,1-3H3,(H,20,24). The summed E-state index contributed by atoms with van der Waals surface area (Å²) in [5.41, 5.74) is 0.625. The van der Waals surface area contributed by atoms with Gasteiger partial charge in [0.25, 0.3) is 5.91 Å². The third-order valence-corrected chi connectivity index (χ3v) is 5.14. The first kappa shape index (κ1) is 21.6. The molecule has 0 aliphatic carbocycles. The maximum atomic E-state index is 12.3. The van der Waals surface area contributed by atoms with Crippen molar-refractivity contribution in [2.75, 3.05) is 25.0 Å². The van der Waals surface area contributed by atoms with Crippen LogP contribution in [0.5, 0.6) is 0 Å². The molecule has 28 heavy (non-hydrogen) atoms. The zero-order chi connectivity index (χ0) is 20.7. The van der Waals surface area contributed by atoms with Crippen LogP contribution in [0.3, 0.4) is 0 Å². The minimum atomic E-state index is -0.648. The van der Waals surface area contributed by atoms with Crippen molar-refractivity contribution >= 4 is 46.2 Å². The minimum absolute atomic E-state index is 0.0171. The van der Waals surface area contributed by atoms with Crippen LogP contribution in [-0.2, 0) is 19.1 Å². The van der Waals surface area contributed by atoms with E-state index in [4.69, 9.17) is 4.74 Å².